The van der Waals surface area contributed by atoms with Crippen LogP contribution in [0.25, 0.3) is 12.2 Å². The van der Waals surface area contributed by atoms with Gasteiger partial charge in [-0.1, -0.05) is 12.2 Å². The standard InChI is InChI=1S/C15H22N4/c1-12(16-4)17-10-9-15(2,3)19-11-18-13-7-5-6-8-14(13)19/h7-8,10-11H,5-6,9H2,1-4H3. The molecule has 4 heteroatoms. The summed E-state index contributed by atoms with van der Waals surface area (Å²) in [4.78, 5) is 12.8. The van der Waals surface area contributed by atoms with Crippen molar-refractivity contribution in [2.24, 2.45) is 9.98 Å². The molecule has 0 atom stereocenters. The predicted molar refractivity (Wildman–Crippen MR) is 81.1 cm³/mol. The SMILES string of the molecule is CN=C(C)N=CCC(C)(C)n1cnc2c1=CCCC=2. The van der Waals surface area contributed by atoms with E-state index in [1.54, 1.807) is 7.05 Å². The molecule has 0 radical (unpaired) electrons. The van der Waals surface area contributed by atoms with Gasteiger partial charge in [-0.25, -0.2) is 9.98 Å². The smallest absolute Gasteiger partial charge is 0.119 e. The highest BCUT2D eigenvalue weighted by atomic mass is 15.1. The fraction of sp³-hybridized carbons (Fsp3) is 0.533. The molecule has 1 heterocycles. The zero-order valence-corrected chi connectivity index (χ0v) is 12.2. The third-order valence-corrected chi connectivity index (χ3v) is 3.52. The Bertz CT molecular complexity index is 617. The van der Waals surface area contributed by atoms with Crippen LogP contribution in [-0.2, 0) is 5.54 Å². The predicted octanol–water partition coefficient (Wildman–Crippen LogP) is 1.48. The van der Waals surface area contributed by atoms with E-state index in [0.29, 0.717) is 0 Å². The first kappa shape index (κ1) is 13.7. The maximum Gasteiger partial charge on any atom is 0.119 e. The van der Waals surface area contributed by atoms with Crippen LogP contribution in [0.4, 0.5) is 0 Å². The van der Waals surface area contributed by atoms with Crippen molar-refractivity contribution in [2.45, 2.75) is 45.6 Å². The van der Waals surface area contributed by atoms with Crippen molar-refractivity contribution in [3.63, 3.8) is 0 Å². The minimum Gasteiger partial charge on any atom is -0.325 e. The molecule has 2 rings (SSSR count). The fourth-order valence-corrected chi connectivity index (χ4v) is 2.21. The van der Waals surface area contributed by atoms with Crippen LogP contribution in [0.3, 0.4) is 0 Å². The number of amidine groups is 1. The normalized spacial score (nSPS) is 16.1. The maximum atomic E-state index is 4.49. The third-order valence-electron chi connectivity index (χ3n) is 3.52. The molecule has 0 amide bonds. The number of aliphatic imine (C=N–C) groups is 2. The van der Waals surface area contributed by atoms with E-state index < -0.39 is 0 Å². The quantitative estimate of drug-likeness (QED) is 0.598. The molecule has 1 aromatic rings. The summed E-state index contributed by atoms with van der Waals surface area (Å²) in [6.07, 6.45) is 11.4. The minimum atomic E-state index is -0.0280. The van der Waals surface area contributed by atoms with Gasteiger partial charge in [0.15, 0.2) is 0 Å². The fourth-order valence-electron chi connectivity index (χ4n) is 2.21. The Labute approximate surface area is 114 Å². The highest BCUT2D eigenvalue weighted by Crippen LogP contribution is 2.15. The zero-order chi connectivity index (χ0) is 13.9. The Balaban J connectivity index is 2.26. The second-order valence-corrected chi connectivity index (χ2v) is 5.47. The van der Waals surface area contributed by atoms with Gasteiger partial charge in [0.25, 0.3) is 0 Å². The summed E-state index contributed by atoms with van der Waals surface area (Å²) >= 11 is 0. The molecule has 0 bridgehead atoms. The summed E-state index contributed by atoms with van der Waals surface area (Å²) in [5.41, 5.74) is -0.0280. The van der Waals surface area contributed by atoms with E-state index in [4.69, 9.17) is 0 Å². The molecule has 0 aliphatic heterocycles. The lowest BCUT2D eigenvalue weighted by molar-refractivity contribution is 0.363. The van der Waals surface area contributed by atoms with Gasteiger partial charge in [0, 0.05) is 25.2 Å². The molecule has 1 aliphatic rings. The van der Waals surface area contributed by atoms with Gasteiger partial charge in [0.2, 0.25) is 0 Å². The van der Waals surface area contributed by atoms with E-state index in [1.165, 1.54) is 5.35 Å². The van der Waals surface area contributed by atoms with E-state index in [-0.39, 0.29) is 5.54 Å². The van der Waals surface area contributed by atoms with Crippen molar-refractivity contribution in [2.75, 3.05) is 7.05 Å². The largest absolute Gasteiger partial charge is 0.325 e. The van der Waals surface area contributed by atoms with E-state index in [2.05, 4.69) is 45.5 Å². The van der Waals surface area contributed by atoms with Crippen LogP contribution in [0.1, 0.15) is 40.0 Å². The topological polar surface area (TPSA) is 42.5 Å². The Hall–Kier alpha value is -1.71. The highest BCUT2D eigenvalue weighted by molar-refractivity contribution is 5.87. The van der Waals surface area contributed by atoms with Crippen LogP contribution in [0.15, 0.2) is 16.3 Å². The van der Waals surface area contributed by atoms with Crippen LogP contribution < -0.4 is 10.7 Å². The highest BCUT2D eigenvalue weighted by Gasteiger charge is 2.20. The van der Waals surface area contributed by atoms with Gasteiger partial charge in [0.1, 0.15) is 5.84 Å². The molecular formula is C15H22N4. The van der Waals surface area contributed by atoms with Crippen LogP contribution in [0, 0.1) is 0 Å². The number of aromatic nitrogens is 2. The van der Waals surface area contributed by atoms with Crippen molar-refractivity contribution in [3.8, 4) is 0 Å². The van der Waals surface area contributed by atoms with Crippen LogP contribution >= 0.6 is 0 Å². The molecule has 19 heavy (non-hydrogen) atoms. The molecule has 0 spiro atoms. The second kappa shape index (κ2) is 5.51. The van der Waals surface area contributed by atoms with E-state index in [1.807, 2.05) is 19.5 Å². The summed E-state index contributed by atoms with van der Waals surface area (Å²) < 4.78 is 2.25. The summed E-state index contributed by atoms with van der Waals surface area (Å²) in [6, 6.07) is 0. The summed E-state index contributed by atoms with van der Waals surface area (Å²) in [5, 5.41) is 2.35. The first-order chi connectivity index (χ1) is 9.04. The summed E-state index contributed by atoms with van der Waals surface area (Å²) in [5.74, 6) is 0.809. The molecule has 0 unspecified atom stereocenters. The van der Waals surface area contributed by atoms with Gasteiger partial charge in [-0.3, -0.25) is 4.99 Å². The van der Waals surface area contributed by atoms with Crippen molar-refractivity contribution in [1.29, 1.82) is 0 Å². The molecule has 0 saturated carbocycles. The van der Waals surface area contributed by atoms with Crippen LogP contribution in [0.5, 0.6) is 0 Å². The van der Waals surface area contributed by atoms with Crippen molar-refractivity contribution < 1.29 is 0 Å². The van der Waals surface area contributed by atoms with Crippen molar-refractivity contribution in [3.05, 3.63) is 17.0 Å². The molecule has 0 saturated heterocycles. The van der Waals surface area contributed by atoms with Crippen LogP contribution in [-0.4, -0.2) is 28.6 Å². The number of imidazole rings is 1. The molecule has 0 fully saturated rings. The summed E-state index contributed by atoms with van der Waals surface area (Å²) in [7, 11) is 1.76. The molecule has 0 N–H and O–H groups in total. The Kier molecular flexibility index (Phi) is 3.98. The monoisotopic (exact) mass is 258 g/mol. The maximum absolute atomic E-state index is 4.49. The van der Waals surface area contributed by atoms with E-state index >= 15 is 0 Å². The number of nitrogens with zero attached hydrogens (tertiary/aromatic N) is 4. The Morgan fingerprint density at radius 3 is 2.89 bits per heavy atom. The van der Waals surface area contributed by atoms with Gasteiger partial charge in [-0.05, 0) is 33.6 Å². The van der Waals surface area contributed by atoms with Gasteiger partial charge in [-0.2, -0.15) is 0 Å². The average Bonchev–Trinajstić information content (AvgIpc) is 2.82. The Morgan fingerprint density at radius 1 is 1.42 bits per heavy atom. The van der Waals surface area contributed by atoms with E-state index in [9.17, 15) is 0 Å². The average molecular weight is 258 g/mol. The molecule has 4 nitrogen and oxygen atoms in total. The molecule has 102 valence electrons. The van der Waals surface area contributed by atoms with Gasteiger partial charge in [-0.15, -0.1) is 0 Å². The lowest BCUT2D eigenvalue weighted by atomic mass is 10.0. The molecule has 0 aromatic carbocycles. The first-order valence-corrected chi connectivity index (χ1v) is 6.75. The zero-order valence-electron chi connectivity index (χ0n) is 12.2. The number of fused-ring (bicyclic) bond motifs is 1. The second-order valence-electron chi connectivity index (χ2n) is 5.47. The van der Waals surface area contributed by atoms with Crippen molar-refractivity contribution >= 4 is 24.2 Å². The Morgan fingerprint density at radius 2 is 2.16 bits per heavy atom. The summed E-state index contributed by atoms with van der Waals surface area (Å²) in [6.45, 7) is 6.33. The lowest BCUT2D eigenvalue weighted by Gasteiger charge is -2.25. The van der Waals surface area contributed by atoms with Crippen molar-refractivity contribution in [1.82, 2.24) is 9.55 Å². The number of hydrogen-bond donors (Lipinski definition) is 0. The van der Waals surface area contributed by atoms with Gasteiger partial charge >= 0.3 is 0 Å². The molecular weight excluding hydrogens is 236 g/mol. The lowest BCUT2D eigenvalue weighted by Crippen LogP contribution is -2.40. The minimum absolute atomic E-state index is 0.0280. The number of rotatable bonds is 3. The van der Waals surface area contributed by atoms with Crippen LogP contribution in [0.2, 0.25) is 0 Å². The molecule has 1 aromatic heterocycles. The first-order valence-electron chi connectivity index (χ1n) is 6.75. The number of hydrogen-bond acceptors (Lipinski definition) is 2. The molecule has 1 aliphatic carbocycles. The van der Waals surface area contributed by atoms with E-state index in [0.717, 1.165) is 30.4 Å². The van der Waals surface area contributed by atoms with Gasteiger partial charge in [0.05, 0.1) is 17.0 Å². The third kappa shape index (κ3) is 3.00. The van der Waals surface area contributed by atoms with Gasteiger partial charge < -0.3 is 4.57 Å².